The molecule has 1 N–H and O–H groups in total. The van der Waals surface area contributed by atoms with E-state index >= 15 is 0 Å². The number of rotatable bonds is 4. The third-order valence-electron chi connectivity index (χ3n) is 3.33. The average molecular weight is 347 g/mol. The van der Waals surface area contributed by atoms with E-state index in [2.05, 4.69) is 21.2 Å². The summed E-state index contributed by atoms with van der Waals surface area (Å²) in [5.41, 5.74) is 3.78. The minimum atomic E-state index is 0.0133. The van der Waals surface area contributed by atoms with Gasteiger partial charge in [-0.25, -0.2) is 0 Å². The van der Waals surface area contributed by atoms with E-state index in [1.54, 1.807) is 4.90 Å². The SMILES string of the molecule is CNc1cc(C)ccc1C(=O)N(C)Cc1cccc(Br)c1. The fourth-order valence-electron chi connectivity index (χ4n) is 2.24. The largest absolute Gasteiger partial charge is 0.387 e. The van der Waals surface area contributed by atoms with E-state index in [1.807, 2.05) is 63.5 Å². The van der Waals surface area contributed by atoms with Crippen LogP contribution in [0.1, 0.15) is 21.5 Å². The minimum Gasteiger partial charge on any atom is -0.387 e. The number of hydrogen-bond acceptors (Lipinski definition) is 2. The lowest BCUT2D eigenvalue weighted by Crippen LogP contribution is -2.27. The fourth-order valence-corrected chi connectivity index (χ4v) is 2.68. The van der Waals surface area contributed by atoms with Crippen LogP contribution in [-0.2, 0) is 6.54 Å². The Bertz CT molecular complexity index is 655. The van der Waals surface area contributed by atoms with Gasteiger partial charge in [0.05, 0.1) is 5.56 Å². The zero-order valence-corrected chi connectivity index (χ0v) is 14.1. The number of halogens is 1. The Morgan fingerprint density at radius 2 is 2.00 bits per heavy atom. The molecule has 0 bridgehead atoms. The summed E-state index contributed by atoms with van der Waals surface area (Å²) in [7, 11) is 3.66. The van der Waals surface area contributed by atoms with Crippen molar-refractivity contribution in [1.29, 1.82) is 0 Å². The number of carbonyl (C=O) groups is 1. The Labute approximate surface area is 134 Å². The standard InChI is InChI=1S/C17H19BrN2O/c1-12-7-8-15(16(9-12)19-2)17(21)20(3)11-13-5-4-6-14(18)10-13/h4-10,19H,11H2,1-3H3. The van der Waals surface area contributed by atoms with Gasteiger partial charge in [-0.3, -0.25) is 4.79 Å². The lowest BCUT2D eigenvalue weighted by molar-refractivity contribution is 0.0786. The highest BCUT2D eigenvalue weighted by Gasteiger charge is 2.15. The number of nitrogens with zero attached hydrogens (tertiary/aromatic N) is 1. The van der Waals surface area contributed by atoms with Crippen LogP contribution in [0.4, 0.5) is 5.69 Å². The molecule has 0 fully saturated rings. The summed E-state index contributed by atoms with van der Waals surface area (Å²) in [6.45, 7) is 2.59. The Morgan fingerprint density at radius 1 is 1.24 bits per heavy atom. The van der Waals surface area contributed by atoms with E-state index in [9.17, 15) is 4.79 Å². The molecule has 2 aromatic carbocycles. The quantitative estimate of drug-likeness (QED) is 0.904. The van der Waals surface area contributed by atoms with Crippen molar-refractivity contribution in [3.8, 4) is 0 Å². The first-order chi connectivity index (χ1) is 10.0. The molecule has 1 amide bonds. The van der Waals surface area contributed by atoms with E-state index < -0.39 is 0 Å². The molecule has 0 aliphatic carbocycles. The molecular weight excluding hydrogens is 328 g/mol. The van der Waals surface area contributed by atoms with Crippen molar-refractivity contribution in [2.45, 2.75) is 13.5 Å². The van der Waals surface area contributed by atoms with Gasteiger partial charge in [0.25, 0.3) is 5.91 Å². The number of anilines is 1. The van der Waals surface area contributed by atoms with Gasteiger partial charge < -0.3 is 10.2 Å². The number of benzene rings is 2. The van der Waals surface area contributed by atoms with Gasteiger partial charge in [0.15, 0.2) is 0 Å². The molecule has 0 heterocycles. The lowest BCUT2D eigenvalue weighted by atomic mass is 10.1. The number of aryl methyl sites for hydroxylation is 1. The highest BCUT2D eigenvalue weighted by molar-refractivity contribution is 9.10. The first-order valence-corrected chi connectivity index (χ1v) is 7.59. The highest BCUT2D eigenvalue weighted by atomic mass is 79.9. The molecule has 4 heteroatoms. The van der Waals surface area contributed by atoms with Crippen LogP contribution in [0.5, 0.6) is 0 Å². The summed E-state index contributed by atoms with van der Waals surface area (Å²) in [6.07, 6.45) is 0. The first kappa shape index (κ1) is 15.6. The summed E-state index contributed by atoms with van der Waals surface area (Å²) in [4.78, 5) is 14.3. The normalized spacial score (nSPS) is 10.3. The summed E-state index contributed by atoms with van der Waals surface area (Å²) in [6, 6.07) is 13.8. The molecule has 0 saturated carbocycles. The van der Waals surface area contributed by atoms with Gasteiger partial charge in [0.2, 0.25) is 0 Å². The van der Waals surface area contributed by atoms with Crippen molar-refractivity contribution in [2.75, 3.05) is 19.4 Å². The van der Waals surface area contributed by atoms with Gasteiger partial charge in [-0.05, 0) is 42.3 Å². The Hall–Kier alpha value is -1.81. The zero-order chi connectivity index (χ0) is 15.4. The van der Waals surface area contributed by atoms with Gasteiger partial charge in [-0.2, -0.15) is 0 Å². The molecule has 3 nitrogen and oxygen atoms in total. The summed E-state index contributed by atoms with van der Waals surface area (Å²) >= 11 is 3.45. The number of carbonyl (C=O) groups excluding carboxylic acids is 1. The van der Waals surface area contributed by atoms with Crippen LogP contribution in [0.15, 0.2) is 46.9 Å². The first-order valence-electron chi connectivity index (χ1n) is 6.79. The molecule has 110 valence electrons. The molecule has 0 spiro atoms. The smallest absolute Gasteiger partial charge is 0.255 e. The maximum atomic E-state index is 12.6. The van der Waals surface area contributed by atoms with Crippen LogP contribution >= 0.6 is 15.9 Å². The third-order valence-corrected chi connectivity index (χ3v) is 3.82. The van der Waals surface area contributed by atoms with Crippen LogP contribution in [0.3, 0.4) is 0 Å². The summed E-state index contributed by atoms with van der Waals surface area (Å²) < 4.78 is 1.02. The van der Waals surface area contributed by atoms with Crippen LogP contribution in [0.25, 0.3) is 0 Å². The van der Waals surface area contributed by atoms with Crippen molar-refractivity contribution in [1.82, 2.24) is 4.90 Å². The van der Waals surface area contributed by atoms with Crippen molar-refractivity contribution in [3.05, 3.63) is 63.6 Å². The second-order valence-electron chi connectivity index (χ2n) is 5.09. The Morgan fingerprint density at radius 3 is 2.67 bits per heavy atom. The topological polar surface area (TPSA) is 32.3 Å². The van der Waals surface area contributed by atoms with Gasteiger partial charge >= 0.3 is 0 Å². The second kappa shape index (κ2) is 6.76. The van der Waals surface area contributed by atoms with E-state index in [1.165, 1.54) is 0 Å². The van der Waals surface area contributed by atoms with Crippen molar-refractivity contribution in [3.63, 3.8) is 0 Å². The maximum absolute atomic E-state index is 12.6. The monoisotopic (exact) mass is 346 g/mol. The van der Waals surface area contributed by atoms with Crippen molar-refractivity contribution >= 4 is 27.5 Å². The van der Waals surface area contributed by atoms with Gasteiger partial charge in [-0.1, -0.05) is 34.1 Å². The van der Waals surface area contributed by atoms with Crippen molar-refractivity contribution < 1.29 is 4.79 Å². The molecule has 0 saturated heterocycles. The van der Waals surface area contributed by atoms with E-state index in [-0.39, 0.29) is 5.91 Å². The van der Waals surface area contributed by atoms with Crippen LogP contribution in [0, 0.1) is 6.92 Å². The minimum absolute atomic E-state index is 0.0133. The highest BCUT2D eigenvalue weighted by Crippen LogP contribution is 2.20. The number of nitrogens with one attached hydrogen (secondary N) is 1. The van der Waals surface area contributed by atoms with Crippen molar-refractivity contribution in [2.24, 2.45) is 0 Å². The third kappa shape index (κ3) is 3.85. The maximum Gasteiger partial charge on any atom is 0.255 e. The van der Waals surface area contributed by atoms with Gasteiger partial charge in [0, 0.05) is 30.8 Å². The number of amides is 1. The molecule has 0 aliphatic heterocycles. The number of hydrogen-bond donors (Lipinski definition) is 1. The Balaban J connectivity index is 2.19. The van der Waals surface area contributed by atoms with E-state index in [4.69, 9.17) is 0 Å². The predicted octanol–water partition coefficient (Wildman–Crippen LogP) is 4.07. The fraction of sp³-hybridized carbons (Fsp3) is 0.235. The van der Waals surface area contributed by atoms with Gasteiger partial charge in [-0.15, -0.1) is 0 Å². The molecular formula is C17H19BrN2O. The zero-order valence-electron chi connectivity index (χ0n) is 12.5. The molecule has 2 aromatic rings. The molecule has 0 atom stereocenters. The average Bonchev–Trinajstić information content (AvgIpc) is 2.46. The molecule has 0 aliphatic rings. The van der Waals surface area contributed by atoms with E-state index in [0.717, 1.165) is 21.3 Å². The second-order valence-corrected chi connectivity index (χ2v) is 6.01. The lowest BCUT2D eigenvalue weighted by Gasteiger charge is -2.19. The van der Waals surface area contributed by atoms with Crippen LogP contribution in [0.2, 0.25) is 0 Å². The van der Waals surface area contributed by atoms with Crippen LogP contribution < -0.4 is 5.32 Å². The van der Waals surface area contributed by atoms with Gasteiger partial charge in [0.1, 0.15) is 0 Å². The summed E-state index contributed by atoms with van der Waals surface area (Å²) in [5.74, 6) is 0.0133. The van der Waals surface area contributed by atoms with Crippen LogP contribution in [-0.4, -0.2) is 24.9 Å². The molecule has 0 aromatic heterocycles. The van der Waals surface area contributed by atoms with E-state index in [0.29, 0.717) is 12.1 Å². The molecule has 0 unspecified atom stereocenters. The molecule has 2 rings (SSSR count). The molecule has 21 heavy (non-hydrogen) atoms. The molecule has 0 radical (unpaired) electrons. The predicted molar refractivity (Wildman–Crippen MR) is 90.7 cm³/mol. The summed E-state index contributed by atoms with van der Waals surface area (Å²) in [5, 5.41) is 3.09. The Kier molecular flexibility index (Phi) is 5.02.